The van der Waals surface area contributed by atoms with Gasteiger partial charge >= 0.3 is 5.97 Å². The van der Waals surface area contributed by atoms with Crippen LogP contribution in [0.4, 0.5) is 0 Å². The van der Waals surface area contributed by atoms with Crippen LogP contribution in [0.15, 0.2) is 42.2 Å². The first-order chi connectivity index (χ1) is 6.74. The van der Waals surface area contributed by atoms with Crippen LogP contribution in [0.1, 0.15) is 11.1 Å². The number of hydrogen-bond donors (Lipinski definition) is 0. The van der Waals surface area contributed by atoms with Gasteiger partial charge in [0.05, 0.1) is 0 Å². The third kappa shape index (κ3) is 1.91. The number of carbonyl (C=O) groups excluding carboxylic acids is 1. The molecule has 1 aliphatic heterocycles. The molecule has 70 valence electrons. The minimum absolute atomic E-state index is 0.302. The van der Waals surface area contributed by atoms with Gasteiger partial charge in [-0.3, -0.25) is 0 Å². The first kappa shape index (κ1) is 8.75. The number of allylic oxidation sites excluding steroid dienone is 1. The Morgan fingerprint density at radius 2 is 1.86 bits per heavy atom. The van der Waals surface area contributed by atoms with Crippen molar-refractivity contribution in [2.45, 2.75) is 6.92 Å². The van der Waals surface area contributed by atoms with Gasteiger partial charge in [0.1, 0.15) is 5.76 Å². The zero-order chi connectivity index (χ0) is 9.97. The van der Waals surface area contributed by atoms with Gasteiger partial charge in [0.15, 0.2) is 0 Å². The molecular weight excluding hydrogens is 176 g/mol. The molecule has 2 heteroatoms. The third-order valence-electron chi connectivity index (χ3n) is 1.99. The van der Waals surface area contributed by atoms with E-state index in [9.17, 15) is 4.79 Å². The Morgan fingerprint density at radius 1 is 1.14 bits per heavy atom. The number of ether oxygens (including phenoxy) is 1. The highest BCUT2D eigenvalue weighted by Gasteiger charge is 2.08. The van der Waals surface area contributed by atoms with Crippen LogP contribution in [-0.4, -0.2) is 5.97 Å². The molecule has 0 atom stereocenters. The normalized spacial score (nSPS) is 17.5. The summed E-state index contributed by atoms with van der Waals surface area (Å²) >= 11 is 0. The van der Waals surface area contributed by atoms with Gasteiger partial charge in [0.25, 0.3) is 0 Å². The van der Waals surface area contributed by atoms with Crippen LogP contribution < -0.4 is 0 Å². The van der Waals surface area contributed by atoms with Gasteiger partial charge in [-0.15, -0.1) is 0 Å². The number of carbonyl (C=O) groups is 1. The highest BCUT2D eigenvalue weighted by molar-refractivity contribution is 5.87. The fourth-order valence-corrected chi connectivity index (χ4v) is 1.24. The van der Waals surface area contributed by atoms with E-state index < -0.39 is 0 Å². The maximum absolute atomic E-state index is 10.7. The molecule has 0 aliphatic carbocycles. The lowest BCUT2D eigenvalue weighted by atomic mass is 10.1. The van der Waals surface area contributed by atoms with Gasteiger partial charge in [-0.1, -0.05) is 29.8 Å². The summed E-state index contributed by atoms with van der Waals surface area (Å²) in [5.41, 5.74) is 2.25. The van der Waals surface area contributed by atoms with Gasteiger partial charge < -0.3 is 4.74 Å². The molecule has 1 aromatic rings. The van der Waals surface area contributed by atoms with Crippen LogP contribution in [0.5, 0.6) is 0 Å². The van der Waals surface area contributed by atoms with E-state index in [1.165, 1.54) is 11.6 Å². The van der Waals surface area contributed by atoms with Crippen LogP contribution in [0.2, 0.25) is 0 Å². The predicted molar refractivity (Wildman–Crippen MR) is 54.4 cm³/mol. The summed E-state index contributed by atoms with van der Waals surface area (Å²) in [5, 5.41) is 0. The summed E-state index contributed by atoms with van der Waals surface area (Å²) in [7, 11) is 0. The van der Waals surface area contributed by atoms with E-state index >= 15 is 0 Å². The Balaban J connectivity index is 2.22. The maximum atomic E-state index is 10.7. The molecule has 0 bridgehead atoms. The third-order valence-corrected chi connectivity index (χ3v) is 1.99. The van der Waals surface area contributed by atoms with Crippen molar-refractivity contribution < 1.29 is 9.53 Å². The molecule has 0 fully saturated rings. The lowest BCUT2D eigenvalue weighted by Crippen LogP contribution is -1.89. The van der Waals surface area contributed by atoms with Crippen molar-refractivity contribution in [2.24, 2.45) is 0 Å². The highest BCUT2D eigenvalue weighted by atomic mass is 16.5. The molecule has 0 aromatic heterocycles. The molecule has 2 nitrogen and oxygen atoms in total. The lowest BCUT2D eigenvalue weighted by Gasteiger charge is -1.97. The molecule has 0 amide bonds. The molecule has 14 heavy (non-hydrogen) atoms. The zero-order valence-electron chi connectivity index (χ0n) is 7.86. The quantitative estimate of drug-likeness (QED) is 0.630. The summed E-state index contributed by atoms with van der Waals surface area (Å²) in [4.78, 5) is 10.7. The zero-order valence-corrected chi connectivity index (χ0v) is 7.86. The second-order valence-corrected chi connectivity index (χ2v) is 3.21. The summed E-state index contributed by atoms with van der Waals surface area (Å²) < 4.78 is 4.91. The van der Waals surface area contributed by atoms with Crippen LogP contribution in [0, 0.1) is 6.92 Å². The molecule has 0 N–H and O–H groups in total. The number of hydrogen-bond acceptors (Lipinski definition) is 2. The minimum Gasteiger partial charge on any atom is -0.423 e. The number of rotatable bonds is 1. The molecule has 0 saturated carbocycles. The standard InChI is InChI=1S/C12H10O2/c1-9-2-4-10(5-3-9)8-11-6-7-12(13)14-11/h2-8H,1H3/b11-8-. The summed E-state index contributed by atoms with van der Waals surface area (Å²) in [6.07, 6.45) is 4.92. The van der Waals surface area contributed by atoms with Crippen molar-refractivity contribution in [1.82, 2.24) is 0 Å². The van der Waals surface area contributed by atoms with Gasteiger partial charge in [0, 0.05) is 6.08 Å². The maximum Gasteiger partial charge on any atom is 0.336 e. The Labute approximate surface area is 82.5 Å². The summed E-state index contributed by atoms with van der Waals surface area (Å²) in [6.45, 7) is 2.03. The summed E-state index contributed by atoms with van der Waals surface area (Å²) in [5.74, 6) is 0.294. The average molecular weight is 186 g/mol. The van der Waals surface area contributed by atoms with Crippen molar-refractivity contribution in [3.05, 3.63) is 53.3 Å². The Hall–Kier alpha value is -1.83. The fourth-order valence-electron chi connectivity index (χ4n) is 1.24. The number of aryl methyl sites for hydroxylation is 1. The molecule has 0 radical (unpaired) electrons. The molecule has 1 aliphatic rings. The molecule has 0 saturated heterocycles. The van der Waals surface area contributed by atoms with Crippen LogP contribution in [0.25, 0.3) is 6.08 Å². The van der Waals surface area contributed by atoms with E-state index in [2.05, 4.69) is 0 Å². The van der Waals surface area contributed by atoms with Crippen molar-refractivity contribution in [2.75, 3.05) is 0 Å². The molecule has 1 heterocycles. The first-order valence-corrected chi connectivity index (χ1v) is 4.42. The van der Waals surface area contributed by atoms with E-state index in [0.29, 0.717) is 5.76 Å². The average Bonchev–Trinajstić information content (AvgIpc) is 2.56. The molecule has 0 spiro atoms. The minimum atomic E-state index is -0.302. The van der Waals surface area contributed by atoms with E-state index in [1.54, 1.807) is 6.08 Å². The van der Waals surface area contributed by atoms with Gasteiger partial charge in [0.2, 0.25) is 0 Å². The molecule has 0 unspecified atom stereocenters. The second-order valence-electron chi connectivity index (χ2n) is 3.21. The molecular formula is C12H10O2. The topological polar surface area (TPSA) is 26.3 Å². The van der Waals surface area contributed by atoms with Crippen LogP contribution in [0.3, 0.4) is 0 Å². The van der Waals surface area contributed by atoms with Crippen LogP contribution in [-0.2, 0) is 9.53 Å². The van der Waals surface area contributed by atoms with E-state index in [4.69, 9.17) is 4.74 Å². The predicted octanol–water partition coefficient (Wildman–Crippen LogP) is 2.45. The second kappa shape index (κ2) is 3.50. The van der Waals surface area contributed by atoms with Gasteiger partial charge in [-0.05, 0) is 24.6 Å². The molecule has 1 aromatic carbocycles. The van der Waals surface area contributed by atoms with Crippen molar-refractivity contribution in [1.29, 1.82) is 0 Å². The Morgan fingerprint density at radius 3 is 2.43 bits per heavy atom. The fraction of sp³-hybridized carbons (Fsp3) is 0.0833. The lowest BCUT2D eigenvalue weighted by molar-refractivity contribution is -0.132. The largest absolute Gasteiger partial charge is 0.423 e. The SMILES string of the molecule is Cc1ccc(/C=C2/C=CC(=O)O2)cc1. The van der Waals surface area contributed by atoms with E-state index in [0.717, 1.165) is 5.56 Å². The first-order valence-electron chi connectivity index (χ1n) is 4.42. The Bertz CT molecular complexity index is 410. The highest BCUT2D eigenvalue weighted by Crippen LogP contribution is 2.14. The molecule has 2 rings (SSSR count). The number of cyclic esters (lactones) is 1. The van der Waals surface area contributed by atoms with Crippen LogP contribution >= 0.6 is 0 Å². The van der Waals surface area contributed by atoms with E-state index in [-0.39, 0.29) is 5.97 Å². The number of esters is 1. The summed E-state index contributed by atoms with van der Waals surface area (Å²) in [6, 6.07) is 8.02. The smallest absolute Gasteiger partial charge is 0.336 e. The number of benzene rings is 1. The monoisotopic (exact) mass is 186 g/mol. The van der Waals surface area contributed by atoms with E-state index in [1.807, 2.05) is 37.3 Å². The van der Waals surface area contributed by atoms with Gasteiger partial charge in [-0.25, -0.2) is 4.79 Å². The Kier molecular flexibility index (Phi) is 2.19. The van der Waals surface area contributed by atoms with Crippen molar-refractivity contribution in [3.8, 4) is 0 Å². The van der Waals surface area contributed by atoms with Crippen molar-refractivity contribution >= 4 is 12.0 Å². The van der Waals surface area contributed by atoms with Crippen molar-refractivity contribution in [3.63, 3.8) is 0 Å². The van der Waals surface area contributed by atoms with Gasteiger partial charge in [-0.2, -0.15) is 0 Å².